The Labute approximate surface area is 171 Å². The third-order valence-electron chi connectivity index (χ3n) is 3.95. The first kappa shape index (κ1) is 20.2. The molecule has 1 heterocycles. The number of benzene rings is 2. The predicted molar refractivity (Wildman–Crippen MR) is 105 cm³/mol. The first-order chi connectivity index (χ1) is 13.9. The molecule has 2 aromatic carbocycles. The minimum atomic E-state index is -1.00. The standard InChI is InChI=1S/C20H17ClN2O6/c1-2-28-16-9-12(8-15-18(24)23-20(27)22-15)7-14(21)17(16)29-10-11-3-5-13(6-4-11)19(25)26/h3-9H,2,10H2,1H3,(H,25,26)(H2,22,23,24,27). The van der Waals surface area contributed by atoms with Crippen LogP contribution in [0.15, 0.2) is 42.1 Å². The summed E-state index contributed by atoms with van der Waals surface area (Å²) in [5.74, 6) is -0.846. The SMILES string of the molecule is CCOc1cc(C=C2NC(=O)NC2=O)cc(Cl)c1OCc1ccc(C(=O)O)cc1. The monoisotopic (exact) mass is 416 g/mol. The lowest BCUT2D eigenvalue weighted by Crippen LogP contribution is -2.22. The van der Waals surface area contributed by atoms with Gasteiger partial charge in [0.2, 0.25) is 0 Å². The van der Waals surface area contributed by atoms with Crippen molar-refractivity contribution in [1.29, 1.82) is 0 Å². The summed E-state index contributed by atoms with van der Waals surface area (Å²) in [4.78, 5) is 33.9. The fourth-order valence-corrected chi connectivity index (χ4v) is 2.90. The van der Waals surface area contributed by atoms with E-state index in [9.17, 15) is 14.4 Å². The lowest BCUT2D eigenvalue weighted by molar-refractivity contribution is -0.115. The summed E-state index contributed by atoms with van der Waals surface area (Å²) in [5, 5.41) is 13.7. The van der Waals surface area contributed by atoms with Crippen LogP contribution in [0, 0.1) is 0 Å². The van der Waals surface area contributed by atoms with Gasteiger partial charge in [-0.25, -0.2) is 9.59 Å². The number of hydrogen-bond acceptors (Lipinski definition) is 5. The third-order valence-corrected chi connectivity index (χ3v) is 4.23. The Morgan fingerprint density at radius 3 is 2.45 bits per heavy atom. The molecule has 3 rings (SSSR count). The van der Waals surface area contributed by atoms with Gasteiger partial charge in [-0.2, -0.15) is 0 Å². The zero-order chi connectivity index (χ0) is 21.0. The molecule has 1 fully saturated rings. The van der Waals surface area contributed by atoms with Crippen LogP contribution in [0.4, 0.5) is 4.79 Å². The second-order valence-corrected chi connectivity index (χ2v) is 6.43. The van der Waals surface area contributed by atoms with Crippen molar-refractivity contribution >= 4 is 35.6 Å². The molecule has 0 spiro atoms. The van der Waals surface area contributed by atoms with Gasteiger partial charge in [0.15, 0.2) is 11.5 Å². The summed E-state index contributed by atoms with van der Waals surface area (Å²) >= 11 is 6.35. The molecule has 3 amide bonds. The number of carbonyl (C=O) groups excluding carboxylic acids is 2. The van der Waals surface area contributed by atoms with Gasteiger partial charge < -0.3 is 19.9 Å². The fourth-order valence-electron chi connectivity index (χ4n) is 2.62. The summed E-state index contributed by atoms with van der Waals surface area (Å²) in [6.07, 6.45) is 1.48. The van der Waals surface area contributed by atoms with Gasteiger partial charge in [-0.05, 0) is 48.4 Å². The van der Waals surface area contributed by atoms with Gasteiger partial charge in [-0.1, -0.05) is 23.7 Å². The first-order valence-corrected chi connectivity index (χ1v) is 9.00. The number of halogens is 1. The number of rotatable bonds is 7. The molecule has 0 unspecified atom stereocenters. The van der Waals surface area contributed by atoms with E-state index in [1.807, 2.05) is 0 Å². The maximum absolute atomic E-state index is 11.7. The molecule has 0 aromatic heterocycles. The molecular formula is C20H17ClN2O6. The predicted octanol–water partition coefficient (Wildman–Crippen LogP) is 3.20. The lowest BCUT2D eigenvalue weighted by Gasteiger charge is -2.15. The van der Waals surface area contributed by atoms with Gasteiger partial charge in [-0.3, -0.25) is 10.1 Å². The van der Waals surface area contributed by atoms with Crippen molar-refractivity contribution in [3.8, 4) is 11.5 Å². The summed E-state index contributed by atoms with van der Waals surface area (Å²) in [6.45, 7) is 2.31. The normalized spacial score (nSPS) is 14.5. The van der Waals surface area contributed by atoms with Crippen LogP contribution in [-0.4, -0.2) is 29.6 Å². The Hall–Kier alpha value is -3.52. The topological polar surface area (TPSA) is 114 Å². The quantitative estimate of drug-likeness (QED) is 0.471. The number of aromatic carboxylic acids is 1. The molecule has 0 atom stereocenters. The molecular weight excluding hydrogens is 400 g/mol. The van der Waals surface area contributed by atoms with Crippen molar-refractivity contribution in [3.63, 3.8) is 0 Å². The Morgan fingerprint density at radius 1 is 1.14 bits per heavy atom. The maximum atomic E-state index is 11.7. The zero-order valence-electron chi connectivity index (χ0n) is 15.3. The molecule has 1 aliphatic rings. The van der Waals surface area contributed by atoms with Gasteiger partial charge in [0.25, 0.3) is 5.91 Å². The third kappa shape index (κ3) is 4.85. The second kappa shape index (κ2) is 8.66. The average Bonchev–Trinajstić information content (AvgIpc) is 2.98. The number of carboxylic acids is 1. The molecule has 0 aliphatic carbocycles. The second-order valence-electron chi connectivity index (χ2n) is 6.02. The van der Waals surface area contributed by atoms with E-state index in [2.05, 4.69) is 10.6 Å². The van der Waals surface area contributed by atoms with Crippen molar-refractivity contribution in [1.82, 2.24) is 10.6 Å². The van der Waals surface area contributed by atoms with Crippen molar-refractivity contribution in [3.05, 3.63) is 63.8 Å². The molecule has 2 aromatic rings. The molecule has 8 nitrogen and oxygen atoms in total. The van der Waals surface area contributed by atoms with E-state index in [0.29, 0.717) is 23.7 Å². The highest BCUT2D eigenvalue weighted by atomic mass is 35.5. The smallest absolute Gasteiger partial charge is 0.335 e. The molecule has 0 saturated carbocycles. The molecule has 29 heavy (non-hydrogen) atoms. The summed E-state index contributed by atoms with van der Waals surface area (Å²) in [7, 11) is 0. The van der Waals surface area contributed by atoms with E-state index in [1.165, 1.54) is 18.2 Å². The van der Waals surface area contributed by atoms with E-state index in [-0.39, 0.29) is 22.9 Å². The lowest BCUT2D eigenvalue weighted by atomic mass is 10.1. The number of imide groups is 1. The molecule has 150 valence electrons. The van der Waals surface area contributed by atoms with Crippen molar-refractivity contribution in [2.45, 2.75) is 13.5 Å². The van der Waals surface area contributed by atoms with Crippen LogP contribution in [0.2, 0.25) is 5.02 Å². The largest absolute Gasteiger partial charge is 0.490 e. The Morgan fingerprint density at radius 2 is 1.86 bits per heavy atom. The fraction of sp³-hybridized carbons (Fsp3) is 0.150. The Bertz CT molecular complexity index is 1000. The summed E-state index contributed by atoms with van der Waals surface area (Å²) < 4.78 is 11.4. The maximum Gasteiger partial charge on any atom is 0.335 e. The Kier molecular flexibility index (Phi) is 6.04. The molecule has 9 heteroatoms. The van der Waals surface area contributed by atoms with E-state index in [0.717, 1.165) is 5.56 Å². The van der Waals surface area contributed by atoms with E-state index in [1.54, 1.807) is 31.2 Å². The highest BCUT2D eigenvalue weighted by Gasteiger charge is 2.23. The van der Waals surface area contributed by atoms with E-state index < -0.39 is 17.9 Å². The summed E-state index contributed by atoms with van der Waals surface area (Å²) in [6, 6.07) is 8.91. The first-order valence-electron chi connectivity index (χ1n) is 8.62. The van der Waals surface area contributed by atoms with Gasteiger partial charge in [0.05, 0.1) is 17.2 Å². The number of nitrogens with one attached hydrogen (secondary N) is 2. The van der Waals surface area contributed by atoms with E-state index in [4.69, 9.17) is 26.2 Å². The van der Waals surface area contributed by atoms with Crippen LogP contribution in [0.3, 0.4) is 0 Å². The number of urea groups is 1. The minimum Gasteiger partial charge on any atom is -0.490 e. The van der Waals surface area contributed by atoms with Crippen LogP contribution >= 0.6 is 11.6 Å². The van der Waals surface area contributed by atoms with Crippen molar-refractivity contribution < 1.29 is 29.0 Å². The number of ether oxygens (including phenoxy) is 2. The van der Waals surface area contributed by atoms with Crippen molar-refractivity contribution in [2.75, 3.05) is 6.61 Å². The minimum absolute atomic E-state index is 0.0979. The van der Waals surface area contributed by atoms with Crippen LogP contribution in [0.1, 0.15) is 28.4 Å². The summed E-state index contributed by atoms with van der Waals surface area (Å²) in [5.41, 5.74) is 1.58. The van der Waals surface area contributed by atoms with Crippen LogP contribution in [0.25, 0.3) is 6.08 Å². The number of carboxylic acid groups (broad SMARTS) is 1. The zero-order valence-corrected chi connectivity index (χ0v) is 16.1. The van der Waals surface area contributed by atoms with E-state index >= 15 is 0 Å². The van der Waals surface area contributed by atoms with Crippen LogP contribution in [-0.2, 0) is 11.4 Å². The number of hydrogen-bond donors (Lipinski definition) is 3. The highest BCUT2D eigenvalue weighted by molar-refractivity contribution is 6.32. The van der Waals surface area contributed by atoms with Gasteiger partial charge in [0.1, 0.15) is 12.3 Å². The molecule has 1 aliphatic heterocycles. The molecule has 1 saturated heterocycles. The average molecular weight is 417 g/mol. The number of carbonyl (C=O) groups is 3. The van der Waals surface area contributed by atoms with Crippen molar-refractivity contribution in [2.24, 2.45) is 0 Å². The Balaban J connectivity index is 1.82. The highest BCUT2D eigenvalue weighted by Crippen LogP contribution is 2.38. The van der Waals surface area contributed by atoms with Gasteiger partial charge in [-0.15, -0.1) is 0 Å². The molecule has 3 N–H and O–H groups in total. The van der Waals surface area contributed by atoms with Crippen LogP contribution < -0.4 is 20.1 Å². The molecule has 0 bridgehead atoms. The van der Waals surface area contributed by atoms with Crippen LogP contribution in [0.5, 0.6) is 11.5 Å². The van der Waals surface area contributed by atoms with Gasteiger partial charge in [0, 0.05) is 0 Å². The number of amides is 3. The molecule has 0 radical (unpaired) electrons. The van der Waals surface area contributed by atoms with Gasteiger partial charge >= 0.3 is 12.0 Å².